The average molecular weight is 414 g/mol. The zero-order chi connectivity index (χ0) is 20.1. The molecule has 3 aromatic carbocycles. The van der Waals surface area contributed by atoms with Crippen LogP contribution in [0.4, 0.5) is 21.9 Å². The Morgan fingerprint density at radius 3 is 2.14 bits per heavy atom. The van der Waals surface area contributed by atoms with Crippen molar-refractivity contribution in [2.75, 3.05) is 16.0 Å². The van der Waals surface area contributed by atoms with E-state index in [0.717, 1.165) is 5.56 Å². The number of hydrogen-bond acceptors (Lipinski definition) is 2. The lowest BCUT2D eigenvalue weighted by atomic mass is 10.1. The second kappa shape index (κ2) is 8.78. The second-order valence-corrected chi connectivity index (χ2v) is 6.89. The van der Waals surface area contributed by atoms with Crippen molar-refractivity contribution < 1.29 is 9.59 Å². The van der Waals surface area contributed by atoms with Crippen LogP contribution in [-0.4, -0.2) is 11.9 Å². The number of carbonyl (C=O) groups is 2. The maximum atomic E-state index is 12.6. The number of halogens is 2. The first kappa shape index (κ1) is 19.7. The molecule has 0 radical (unpaired) electrons. The molecule has 0 fully saturated rings. The topological polar surface area (TPSA) is 70.2 Å². The SMILES string of the molecule is Cc1ccc(NC(=O)c2ccccc2NC(=O)Nc2ccc(Cl)c(Cl)c2)cc1. The Hall–Kier alpha value is -3.02. The molecular formula is C21H17Cl2N3O2. The maximum Gasteiger partial charge on any atom is 0.323 e. The third-order valence-electron chi connectivity index (χ3n) is 3.91. The Morgan fingerprint density at radius 2 is 1.43 bits per heavy atom. The fourth-order valence-corrected chi connectivity index (χ4v) is 2.78. The van der Waals surface area contributed by atoms with Gasteiger partial charge in [-0.15, -0.1) is 0 Å². The number of aryl methyl sites for hydroxylation is 1. The second-order valence-electron chi connectivity index (χ2n) is 6.07. The van der Waals surface area contributed by atoms with Crippen LogP contribution < -0.4 is 16.0 Å². The molecule has 0 saturated carbocycles. The van der Waals surface area contributed by atoms with Gasteiger partial charge in [0, 0.05) is 11.4 Å². The molecule has 0 saturated heterocycles. The van der Waals surface area contributed by atoms with Crippen molar-refractivity contribution >= 4 is 52.2 Å². The first-order valence-electron chi connectivity index (χ1n) is 8.42. The molecule has 0 aliphatic rings. The minimum atomic E-state index is -0.506. The predicted octanol–water partition coefficient (Wildman–Crippen LogP) is 6.20. The lowest BCUT2D eigenvalue weighted by molar-refractivity contribution is 0.102. The Kier molecular flexibility index (Phi) is 6.19. The van der Waals surface area contributed by atoms with Crippen molar-refractivity contribution in [2.24, 2.45) is 0 Å². The molecule has 28 heavy (non-hydrogen) atoms. The minimum Gasteiger partial charge on any atom is -0.322 e. The van der Waals surface area contributed by atoms with E-state index in [2.05, 4.69) is 16.0 Å². The van der Waals surface area contributed by atoms with Crippen LogP contribution in [-0.2, 0) is 0 Å². The van der Waals surface area contributed by atoms with Crippen molar-refractivity contribution in [1.82, 2.24) is 0 Å². The number of amides is 3. The van der Waals surface area contributed by atoms with Gasteiger partial charge in [-0.3, -0.25) is 4.79 Å². The van der Waals surface area contributed by atoms with Gasteiger partial charge >= 0.3 is 6.03 Å². The van der Waals surface area contributed by atoms with E-state index in [0.29, 0.717) is 32.7 Å². The lowest BCUT2D eigenvalue weighted by Gasteiger charge is -2.12. The van der Waals surface area contributed by atoms with Crippen LogP contribution in [0, 0.1) is 6.92 Å². The Morgan fingerprint density at radius 1 is 0.750 bits per heavy atom. The molecule has 7 heteroatoms. The maximum absolute atomic E-state index is 12.6. The van der Waals surface area contributed by atoms with Crippen LogP contribution in [0.2, 0.25) is 10.0 Å². The summed E-state index contributed by atoms with van der Waals surface area (Å²) in [6.07, 6.45) is 0. The molecule has 0 aromatic heterocycles. The average Bonchev–Trinajstić information content (AvgIpc) is 2.67. The summed E-state index contributed by atoms with van der Waals surface area (Å²) in [7, 11) is 0. The summed E-state index contributed by atoms with van der Waals surface area (Å²) in [4.78, 5) is 24.9. The number of para-hydroxylation sites is 1. The summed E-state index contributed by atoms with van der Waals surface area (Å²) in [6.45, 7) is 1.97. The van der Waals surface area contributed by atoms with E-state index in [9.17, 15) is 9.59 Å². The summed E-state index contributed by atoms with van der Waals surface area (Å²) < 4.78 is 0. The van der Waals surface area contributed by atoms with E-state index < -0.39 is 6.03 Å². The zero-order valence-corrected chi connectivity index (χ0v) is 16.4. The molecular weight excluding hydrogens is 397 g/mol. The molecule has 5 nitrogen and oxygen atoms in total. The first-order chi connectivity index (χ1) is 13.4. The number of carbonyl (C=O) groups excluding carboxylic acids is 2. The molecule has 0 aliphatic heterocycles. The summed E-state index contributed by atoms with van der Waals surface area (Å²) in [6, 6.07) is 18.5. The van der Waals surface area contributed by atoms with E-state index in [-0.39, 0.29) is 5.91 Å². The first-order valence-corrected chi connectivity index (χ1v) is 9.18. The smallest absolute Gasteiger partial charge is 0.322 e. The van der Waals surface area contributed by atoms with Crippen LogP contribution in [0.1, 0.15) is 15.9 Å². The molecule has 0 spiro atoms. The number of urea groups is 1. The largest absolute Gasteiger partial charge is 0.323 e. The zero-order valence-electron chi connectivity index (χ0n) is 14.9. The van der Waals surface area contributed by atoms with Gasteiger partial charge in [-0.1, -0.05) is 53.0 Å². The number of rotatable bonds is 4. The van der Waals surface area contributed by atoms with Gasteiger partial charge in [0.15, 0.2) is 0 Å². The number of hydrogen-bond donors (Lipinski definition) is 3. The third-order valence-corrected chi connectivity index (χ3v) is 4.65. The normalized spacial score (nSPS) is 10.2. The van der Waals surface area contributed by atoms with Crippen molar-refractivity contribution in [1.29, 1.82) is 0 Å². The highest BCUT2D eigenvalue weighted by atomic mass is 35.5. The fraction of sp³-hybridized carbons (Fsp3) is 0.0476. The van der Waals surface area contributed by atoms with Gasteiger partial charge in [0.2, 0.25) is 0 Å². The van der Waals surface area contributed by atoms with E-state index in [4.69, 9.17) is 23.2 Å². The molecule has 142 valence electrons. The minimum absolute atomic E-state index is 0.325. The Bertz CT molecular complexity index is 1020. The number of benzene rings is 3. The lowest BCUT2D eigenvalue weighted by Crippen LogP contribution is -2.22. The summed E-state index contributed by atoms with van der Waals surface area (Å²) >= 11 is 11.8. The summed E-state index contributed by atoms with van der Waals surface area (Å²) in [5, 5.41) is 8.88. The van der Waals surface area contributed by atoms with Crippen molar-refractivity contribution in [3.05, 3.63) is 87.9 Å². The van der Waals surface area contributed by atoms with Gasteiger partial charge in [0.05, 0.1) is 21.3 Å². The van der Waals surface area contributed by atoms with Gasteiger partial charge in [-0.25, -0.2) is 4.79 Å². The molecule has 0 unspecified atom stereocenters. The van der Waals surface area contributed by atoms with Crippen molar-refractivity contribution in [3.63, 3.8) is 0 Å². The van der Waals surface area contributed by atoms with Crippen molar-refractivity contribution in [3.8, 4) is 0 Å². The van der Waals surface area contributed by atoms with Gasteiger partial charge in [0.25, 0.3) is 5.91 Å². The summed E-state index contributed by atoms with van der Waals surface area (Å²) in [5.74, 6) is -0.325. The molecule has 3 aromatic rings. The van der Waals surface area contributed by atoms with E-state index >= 15 is 0 Å². The standard InChI is InChI=1S/C21H17Cl2N3O2/c1-13-6-8-14(9-7-13)24-20(27)16-4-2-3-5-19(16)26-21(28)25-15-10-11-17(22)18(23)12-15/h2-12H,1H3,(H,24,27)(H2,25,26,28). The highest BCUT2D eigenvalue weighted by molar-refractivity contribution is 6.42. The van der Waals surface area contributed by atoms with Crippen molar-refractivity contribution in [2.45, 2.75) is 6.92 Å². The van der Waals surface area contributed by atoms with E-state index in [1.807, 2.05) is 31.2 Å². The molecule has 3 amide bonds. The predicted molar refractivity (Wildman–Crippen MR) is 115 cm³/mol. The van der Waals surface area contributed by atoms with Gasteiger partial charge in [-0.05, 0) is 49.4 Å². The third kappa shape index (κ3) is 5.03. The van der Waals surface area contributed by atoms with Crippen LogP contribution in [0.15, 0.2) is 66.7 Å². The Balaban J connectivity index is 1.72. The highest BCUT2D eigenvalue weighted by Gasteiger charge is 2.14. The highest BCUT2D eigenvalue weighted by Crippen LogP contribution is 2.25. The number of anilines is 3. The summed E-state index contributed by atoms with van der Waals surface area (Å²) in [5.41, 5.74) is 2.97. The molecule has 0 bridgehead atoms. The van der Waals surface area contributed by atoms with Crippen LogP contribution >= 0.6 is 23.2 Å². The molecule has 0 atom stereocenters. The molecule has 3 N–H and O–H groups in total. The van der Waals surface area contributed by atoms with Crippen LogP contribution in [0.3, 0.4) is 0 Å². The molecule has 0 aliphatic carbocycles. The molecule has 3 rings (SSSR count). The van der Waals surface area contributed by atoms with Gasteiger partial charge in [0.1, 0.15) is 0 Å². The van der Waals surface area contributed by atoms with Gasteiger partial charge in [-0.2, -0.15) is 0 Å². The van der Waals surface area contributed by atoms with Crippen LogP contribution in [0.5, 0.6) is 0 Å². The fourth-order valence-electron chi connectivity index (χ4n) is 2.48. The molecule has 0 heterocycles. The Labute approximate surface area is 172 Å². The number of nitrogens with one attached hydrogen (secondary N) is 3. The van der Waals surface area contributed by atoms with E-state index in [1.54, 1.807) is 42.5 Å². The monoisotopic (exact) mass is 413 g/mol. The quantitative estimate of drug-likeness (QED) is 0.476. The van der Waals surface area contributed by atoms with Crippen LogP contribution in [0.25, 0.3) is 0 Å². The van der Waals surface area contributed by atoms with Gasteiger partial charge < -0.3 is 16.0 Å². The van der Waals surface area contributed by atoms with E-state index in [1.165, 1.54) is 0 Å².